The van der Waals surface area contributed by atoms with Gasteiger partial charge in [-0.25, -0.2) is 0 Å². The Morgan fingerprint density at radius 1 is 1.37 bits per heavy atom. The first-order valence-corrected chi connectivity index (χ1v) is 7.44. The number of amides is 1. The lowest BCUT2D eigenvalue weighted by Crippen LogP contribution is -2.39. The average molecular weight is 285 g/mol. The van der Waals surface area contributed by atoms with Gasteiger partial charge in [0.05, 0.1) is 13.1 Å². The molecule has 0 atom stereocenters. The fourth-order valence-electron chi connectivity index (χ4n) is 1.58. The lowest BCUT2D eigenvalue weighted by Gasteiger charge is -2.19. The van der Waals surface area contributed by atoms with E-state index in [2.05, 4.69) is 20.8 Å². The molecule has 2 N–H and O–H groups in total. The summed E-state index contributed by atoms with van der Waals surface area (Å²) in [5.41, 5.74) is 0. The van der Waals surface area contributed by atoms with E-state index in [-0.39, 0.29) is 11.9 Å². The van der Waals surface area contributed by atoms with Gasteiger partial charge in [0.2, 0.25) is 11.0 Å². The Hall–Kier alpha value is -1.21. The molecule has 0 fully saturated rings. The topological polar surface area (TPSA) is 70.2 Å². The van der Waals surface area contributed by atoms with Crippen molar-refractivity contribution in [1.29, 1.82) is 0 Å². The van der Waals surface area contributed by atoms with Gasteiger partial charge < -0.3 is 10.6 Å². The van der Waals surface area contributed by atoms with Gasteiger partial charge in [-0.2, -0.15) is 0 Å². The molecule has 0 saturated carbocycles. The van der Waals surface area contributed by atoms with Crippen LogP contribution in [0.2, 0.25) is 0 Å². The zero-order chi connectivity index (χ0) is 14.3. The molecule has 7 heteroatoms. The smallest absolute Gasteiger partial charge is 0.234 e. The molecule has 0 unspecified atom stereocenters. The molecule has 6 nitrogen and oxygen atoms in total. The van der Waals surface area contributed by atoms with Crippen molar-refractivity contribution in [3.8, 4) is 0 Å². The van der Waals surface area contributed by atoms with Crippen molar-refractivity contribution in [2.75, 3.05) is 25.0 Å². The van der Waals surface area contributed by atoms with E-state index in [1.54, 1.807) is 0 Å². The minimum absolute atomic E-state index is 0.0493. The maximum atomic E-state index is 11.7. The Morgan fingerprint density at radius 2 is 2.11 bits per heavy atom. The Bertz CT molecular complexity index is 393. The van der Waals surface area contributed by atoms with Crippen molar-refractivity contribution in [2.45, 2.75) is 40.3 Å². The van der Waals surface area contributed by atoms with E-state index in [9.17, 15) is 4.79 Å². The number of anilines is 1. The van der Waals surface area contributed by atoms with Crippen LogP contribution in [0.3, 0.4) is 0 Å². The fraction of sp³-hybridized carbons (Fsp3) is 0.750. The summed E-state index contributed by atoms with van der Waals surface area (Å²) in [5, 5.41) is 16.0. The molecule has 0 spiro atoms. The van der Waals surface area contributed by atoms with Crippen molar-refractivity contribution >= 4 is 22.4 Å². The van der Waals surface area contributed by atoms with Crippen LogP contribution in [0.1, 0.15) is 32.7 Å². The van der Waals surface area contributed by atoms with Gasteiger partial charge in [-0.05, 0) is 27.3 Å². The summed E-state index contributed by atoms with van der Waals surface area (Å²) in [6.07, 6.45) is 0. The van der Waals surface area contributed by atoms with Crippen LogP contribution < -0.4 is 10.6 Å². The van der Waals surface area contributed by atoms with Crippen molar-refractivity contribution in [1.82, 2.24) is 20.4 Å². The SMILES string of the molecule is CCNc1nnc(CN(CC)CC(=O)NC(C)C)s1. The molecule has 1 aromatic rings. The highest BCUT2D eigenvalue weighted by Gasteiger charge is 2.13. The minimum Gasteiger partial charge on any atom is -0.360 e. The molecule has 0 aliphatic heterocycles. The third-order valence-corrected chi connectivity index (χ3v) is 3.28. The molecule has 0 radical (unpaired) electrons. The molecule has 0 bridgehead atoms. The largest absolute Gasteiger partial charge is 0.360 e. The molecule has 19 heavy (non-hydrogen) atoms. The number of likely N-dealkylation sites (N-methyl/N-ethyl adjacent to an activating group) is 1. The second-order valence-corrected chi connectivity index (χ2v) is 5.62. The number of hydrogen-bond acceptors (Lipinski definition) is 6. The van der Waals surface area contributed by atoms with E-state index >= 15 is 0 Å². The second kappa shape index (κ2) is 8.06. The Kier molecular flexibility index (Phi) is 6.72. The maximum Gasteiger partial charge on any atom is 0.234 e. The van der Waals surface area contributed by atoms with Gasteiger partial charge in [0.25, 0.3) is 0 Å². The van der Waals surface area contributed by atoms with Gasteiger partial charge in [0.15, 0.2) is 0 Å². The second-order valence-electron chi connectivity index (χ2n) is 4.56. The summed E-state index contributed by atoms with van der Waals surface area (Å²) >= 11 is 1.54. The van der Waals surface area contributed by atoms with Crippen LogP contribution in [0.25, 0.3) is 0 Å². The molecule has 1 heterocycles. The van der Waals surface area contributed by atoms with E-state index in [1.165, 1.54) is 11.3 Å². The molecule has 1 rings (SSSR count). The Balaban J connectivity index is 2.48. The van der Waals surface area contributed by atoms with E-state index < -0.39 is 0 Å². The third-order valence-electron chi connectivity index (χ3n) is 2.42. The van der Waals surface area contributed by atoms with Crippen molar-refractivity contribution in [2.24, 2.45) is 0 Å². The standard InChI is InChI=1S/C12H23N5OS/c1-5-13-12-16-15-11(19-12)8-17(6-2)7-10(18)14-9(3)4/h9H,5-8H2,1-4H3,(H,13,16)(H,14,18). The van der Waals surface area contributed by atoms with Crippen LogP contribution in [0.5, 0.6) is 0 Å². The summed E-state index contributed by atoms with van der Waals surface area (Å²) in [4.78, 5) is 13.8. The summed E-state index contributed by atoms with van der Waals surface area (Å²) < 4.78 is 0. The van der Waals surface area contributed by atoms with Crippen molar-refractivity contribution < 1.29 is 4.79 Å². The summed E-state index contributed by atoms with van der Waals surface area (Å²) in [5.74, 6) is 0.0493. The van der Waals surface area contributed by atoms with E-state index in [0.29, 0.717) is 13.1 Å². The van der Waals surface area contributed by atoms with Crippen LogP contribution in [0, 0.1) is 0 Å². The van der Waals surface area contributed by atoms with Crippen LogP contribution >= 0.6 is 11.3 Å². The van der Waals surface area contributed by atoms with Crippen molar-refractivity contribution in [3.63, 3.8) is 0 Å². The zero-order valence-corrected chi connectivity index (χ0v) is 12.9. The fourth-order valence-corrected chi connectivity index (χ4v) is 2.43. The molecular weight excluding hydrogens is 262 g/mol. The number of rotatable bonds is 8. The first kappa shape index (κ1) is 15.8. The number of carbonyl (C=O) groups is 1. The van der Waals surface area contributed by atoms with Crippen LogP contribution in [-0.4, -0.2) is 46.7 Å². The first-order chi connectivity index (χ1) is 9.05. The first-order valence-electron chi connectivity index (χ1n) is 6.63. The Labute approximate surface area is 118 Å². The number of aromatic nitrogens is 2. The van der Waals surface area contributed by atoms with Gasteiger partial charge in [0.1, 0.15) is 5.01 Å². The predicted octanol–water partition coefficient (Wildman–Crippen LogP) is 1.32. The summed E-state index contributed by atoms with van der Waals surface area (Å²) in [7, 11) is 0. The van der Waals surface area contributed by atoms with Gasteiger partial charge >= 0.3 is 0 Å². The van der Waals surface area contributed by atoms with Gasteiger partial charge in [-0.3, -0.25) is 9.69 Å². The van der Waals surface area contributed by atoms with E-state index in [0.717, 1.165) is 23.2 Å². The highest BCUT2D eigenvalue weighted by Crippen LogP contribution is 2.16. The quantitative estimate of drug-likeness (QED) is 0.754. The normalized spacial score (nSPS) is 11.1. The van der Waals surface area contributed by atoms with Crippen LogP contribution in [0.4, 0.5) is 5.13 Å². The predicted molar refractivity (Wildman–Crippen MR) is 78.3 cm³/mol. The van der Waals surface area contributed by atoms with Gasteiger partial charge in [0, 0.05) is 12.6 Å². The maximum absolute atomic E-state index is 11.7. The summed E-state index contributed by atoms with van der Waals surface area (Å²) in [6, 6.07) is 0.174. The average Bonchev–Trinajstić information content (AvgIpc) is 2.75. The van der Waals surface area contributed by atoms with Gasteiger partial charge in [-0.1, -0.05) is 18.3 Å². The van der Waals surface area contributed by atoms with E-state index in [1.807, 2.05) is 32.6 Å². The summed E-state index contributed by atoms with van der Waals surface area (Å²) in [6.45, 7) is 10.7. The Morgan fingerprint density at radius 3 is 2.68 bits per heavy atom. The zero-order valence-electron chi connectivity index (χ0n) is 12.1. The third kappa shape index (κ3) is 5.98. The molecule has 1 aromatic heterocycles. The lowest BCUT2D eigenvalue weighted by molar-refractivity contribution is -0.122. The highest BCUT2D eigenvalue weighted by atomic mass is 32.1. The van der Waals surface area contributed by atoms with Gasteiger partial charge in [-0.15, -0.1) is 10.2 Å². The molecule has 0 aliphatic carbocycles. The number of carbonyl (C=O) groups excluding carboxylic acids is 1. The molecule has 1 amide bonds. The monoisotopic (exact) mass is 285 g/mol. The molecule has 0 aromatic carbocycles. The van der Waals surface area contributed by atoms with Crippen LogP contribution in [-0.2, 0) is 11.3 Å². The molecule has 0 saturated heterocycles. The minimum atomic E-state index is 0.0493. The number of hydrogen-bond donors (Lipinski definition) is 2. The molecule has 108 valence electrons. The lowest BCUT2D eigenvalue weighted by atomic mass is 10.3. The molecule has 0 aliphatic rings. The molecular formula is C12H23N5OS. The van der Waals surface area contributed by atoms with Crippen molar-refractivity contribution in [3.05, 3.63) is 5.01 Å². The van der Waals surface area contributed by atoms with Crippen LogP contribution in [0.15, 0.2) is 0 Å². The number of nitrogens with zero attached hydrogens (tertiary/aromatic N) is 3. The highest BCUT2D eigenvalue weighted by molar-refractivity contribution is 7.15. The number of nitrogens with one attached hydrogen (secondary N) is 2. The van der Waals surface area contributed by atoms with E-state index in [4.69, 9.17) is 0 Å².